The molecule has 0 radical (unpaired) electrons. The van der Waals surface area contributed by atoms with Crippen LogP contribution in [0.5, 0.6) is 0 Å². The van der Waals surface area contributed by atoms with Crippen LogP contribution in [0.3, 0.4) is 0 Å². The third-order valence-corrected chi connectivity index (χ3v) is 2.46. The SMILES string of the molecule is CC(C)Cc1sccc1C=O. The van der Waals surface area contributed by atoms with E-state index in [1.165, 1.54) is 4.88 Å². The topological polar surface area (TPSA) is 17.1 Å². The van der Waals surface area contributed by atoms with Crippen molar-refractivity contribution in [2.75, 3.05) is 0 Å². The first-order valence-corrected chi connectivity index (χ1v) is 4.63. The highest BCUT2D eigenvalue weighted by molar-refractivity contribution is 7.10. The van der Waals surface area contributed by atoms with Crippen molar-refractivity contribution in [1.82, 2.24) is 0 Å². The lowest BCUT2D eigenvalue weighted by Crippen LogP contribution is -1.93. The van der Waals surface area contributed by atoms with Gasteiger partial charge in [-0.2, -0.15) is 0 Å². The van der Waals surface area contributed by atoms with E-state index in [0.717, 1.165) is 18.3 Å². The van der Waals surface area contributed by atoms with Crippen molar-refractivity contribution in [3.05, 3.63) is 21.9 Å². The van der Waals surface area contributed by atoms with Gasteiger partial charge < -0.3 is 0 Å². The number of hydrogen-bond acceptors (Lipinski definition) is 2. The maximum Gasteiger partial charge on any atom is 0.151 e. The van der Waals surface area contributed by atoms with Crippen LogP contribution < -0.4 is 0 Å². The zero-order valence-corrected chi connectivity index (χ0v) is 7.65. The fourth-order valence-electron chi connectivity index (χ4n) is 0.992. The molecule has 0 aliphatic carbocycles. The maximum absolute atomic E-state index is 10.5. The molecule has 0 fully saturated rings. The average molecular weight is 168 g/mol. The molecule has 1 aromatic heterocycles. The van der Waals surface area contributed by atoms with Crippen LogP contribution in [0.1, 0.15) is 29.1 Å². The number of carbonyl (C=O) groups excluding carboxylic acids is 1. The maximum atomic E-state index is 10.5. The van der Waals surface area contributed by atoms with Gasteiger partial charge in [0.05, 0.1) is 0 Å². The molecule has 0 amide bonds. The molecule has 2 heteroatoms. The van der Waals surface area contributed by atoms with Crippen LogP contribution in [-0.4, -0.2) is 6.29 Å². The second-order valence-electron chi connectivity index (χ2n) is 3.01. The summed E-state index contributed by atoms with van der Waals surface area (Å²) in [7, 11) is 0. The van der Waals surface area contributed by atoms with E-state index in [9.17, 15) is 4.79 Å². The standard InChI is InChI=1S/C9H12OS/c1-7(2)5-9-8(6-10)3-4-11-9/h3-4,6-7H,5H2,1-2H3. The van der Waals surface area contributed by atoms with Gasteiger partial charge in [0, 0.05) is 10.4 Å². The quantitative estimate of drug-likeness (QED) is 0.634. The monoisotopic (exact) mass is 168 g/mol. The van der Waals surface area contributed by atoms with E-state index in [2.05, 4.69) is 13.8 Å². The second kappa shape index (κ2) is 3.67. The molecule has 1 rings (SSSR count). The smallest absolute Gasteiger partial charge is 0.151 e. The molecule has 0 saturated carbocycles. The molecular formula is C9H12OS. The first kappa shape index (κ1) is 8.47. The van der Waals surface area contributed by atoms with Crippen LogP contribution in [0.25, 0.3) is 0 Å². The van der Waals surface area contributed by atoms with Gasteiger partial charge in [0.1, 0.15) is 0 Å². The third-order valence-electron chi connectivity index (χ3n) is 1.50. The molecule has 0 bridgehead atoms. The number of rotatable bonds is 3. The Hall–Kier alpha value is -0.630. The molecule has 1 aromatic rings. The van der Waals surface area contributed by atoms with Crippen LogP contribution in [0.2, 0.25) is 0 Å². The minimum Gasteiger partial charge on any atom is -0.298 e. The van der Waals surface area contributed by atoms with E-state index < -0.39 is 0 Å². The zero-order chi connectivity index (χ0) is 8.27. The molecule has 60 valence electrons. The predicted octanol–water partition coefficient (Wildman–Crippen LogP) is 2.76. The minimum absolute atomic E-state index is 0.632. The van der Waals surface area contributed by atoms with Crippen molar-refractivity contribution in [3.8, 4) is 0 Å². The summed E-state index contributed by atoms with van der Waals surface area (Å²) in [6.07, 6.45) is 1.96. The Kier molecular flexibility index (Phi) is 2.83. The molecular weight excluding hydrogens is 156 g/mol. The van der Waals surface area contributed by atoms with Gasteiger partial charge in [-0.3, -0.25) is 4.79 Å². The summed E-state index contributed by atoms with van der Waals surface area (Å²) in [6.45, 7) is 4.32. The van der Waals surface area contributed by atoms with Crippen molar-refractivity contribution in [3.63, 3.8) is 0 Å². The predicted molar refractivity (Wildman–Crippen MR) is 48.2 cm³/mol. The summed E-state index contributed by atoms with van der Waals surface area (Å²) in [5.41, 5.74) is 0.865. The van der Waals surface area contributed by atoms with Crippen molar-refractivity contribution in [1.29, 1.82) is 0 Å². The highest BCUT2D eigenvalue weighted by Gasteiger charge is 2.04. The fourth-order valence-corrected chi connectivity index (χ4v) is 2.05. The van der Waals surface area contributed by atoms with Crippen molar-refractivity contribution < 1.29 is 4.79 Å². The zero-order valence-electron chi connectivity index (χ0n) is 6.83. The second-order valence-corrected chi connectivity index (χ2v) is 4.02. The van der Waals surface area contributed by atoms with Crippen molar-refractivity contribution in [2.24, 2.45) is 5.92 Å². The third kappa shape index (κ3) is 2.15. The Labute approximate surface area is 71.1 Å². The highest BCUT2D eigenvalue weighted by Crippen LogP contribution is 2.18. The largest absolute Gasteiger partial charge is 0.298 e. The van der Waals surface area contributed by atoms with E-state index in [1.807, 2.05) is 11.4 Å². The normalized spacial score (nSPS) is 10.5. The van der Waals surface area contributed by atoms with Crippen LogP contribution in [-0.2, 0) is 6.42 Å². The average Bonchev–Trinajstić information content (AvgIpc) is 2.34. The summed E-state index contributed by atoms with van der Waals surface area (Å²) in [5.74, 6) is 0.632. The Morgan fingerprint density at radius 2 is 2.36 bits per heavy atom. The molecule has 0 atom stereocenters. The molecule has 0 spiro atoms. The number of thiophene rings is 1. The summed E-state index contributed by atoms with van der Waals surface area (Å²) in [6, 6.07) is 1.88. The van der Waals surface area contributed by atoms with Crippen molar-refractivity contribution >= 4 is 17.6 Å². The van der Waals surface area contributed by atoms with Gasteiger partial charge in [0.15, 0.2) is 6.29 Å². The molecule has 11 heavy (non-hydrogen) atoms. The molecule has 1 nitrogen and oxygen atoms in total. The summed E-state index contributed by atoms with van der Waals surface area (Å²) in [4.78, 5) is 11.7. The number of aldehydes is 1. The van der Waals surface area contributed by atoms with Gasteiger partial charge in [-0.1, -0.05) is 13.8 Å². The van der Waals surface area contributed by atoms with Gasteiger partial charge in [-0.15, -0.1) is 11.3 Å². The van der Waals surface area contributed by atoms with Crippen LogP contribution in [0, 0.1) is 5.92 Å². The van der Waals surface area contributed by atoms with E-state index in [4.69, 9.17) is 0 Å². The minimum atomic E-state index is 0.632. The van der Waals surface area contributed by atoms with Gasteiger partial charge in [-0.05, 0) is 23.8 Å². The number of carbonyl (C=O) groups is 1. The van der Waals surface area contributed by atoms with Crippen LogP contribution in [0.15, 0.2) is 11.4 Å². The highest BCUT2D eigenvalue weighted by atomic mass is 32.1. The molecule has 0 aliphatic rings. The van der Waals surface area contributed by atoms with E-state index in [-0.39, 0.29) is 0 Å². The van der Waals surface area contributed by atoms with Crippen LogP contribution in [0.4, 0.5) is 0 Å². The number of hydrogen-bond donors (Lipinski definition) is 0. The van der Waals surface area contributed by atoms with E-state index in [1.54, 1.807) is 11.3 Å². The lowest BCUT2D eigenvalue weighted by atomic mass is 10.1. The first-order valence-electron chi connectivity index (χ1n) is 3.75. The lowest BCUT2D eigenvalue weighted by Gasteiger charge is -2.01. The Morgan fingerprint density at radius 1 is 1.64 bits per heavy atom. The Bertz CT molecular complexity index is 237. The Morgan fingerprint density at radius 3 is 2.91 bits per heavy atom. The Balaban J connectivity index is 2.76. The van der Waals surface area contributed by atoms with Crippen LogP contribution >= 0.6 is 11.3 Å². The van der Waals surface area contributed by atoms with Gasteiger partial charge in [-0.25, -0.2) is 0 Å². The van der Waals surface area contributed by atoms with Gasteiger partial charge >= 0.3 is 0 Å². The fraction of sp³-hybridized carbons (Fsp3) is 0.444. The van der Waals surface area contributed by atoms with E-state index >= 15 is 0 Å². The molecule has 0 unspecified atom stereocenters. The molecule has 0 saturated heterocycles. The molecule has 0 N–H and O–H groups in total. The summed E-state index contributed by atoms with van der Waals surface area (Å²) >= 11 is 1.67. The summed E-state index contributed by atoms with van der Waals surface area (Å²) in [5, 5.41) is 1.97. The van der Waals surface area contributed by atoms with Gasteiger partial charge in [0.25, 0.3) is 0 Å². The molecule has 0 aliphatic heterocycles. The first-order chi connectivity index (χ1) is 5.24. The van der Waals surface area contributed by atoms with Gasteiger partial charge in [0.2, 0.25) is 0 Å². The summed E-state index contributed by atoms with van der Waals surface area (Å²) < 4.78 is 0. The molecule has 0 aromatic carbocycles. The van der Waals surface area contributed by atoms with E-state index in [0.29, 0.717) is 5.92 Å². The van der Waals surface area contributed by atoms with Crippen molar-refractivity contribution in [2.45, 2.75) is 20.3 Å². The molecule has 1 heterocycles. The lowest BCUT2D eigenvalue weighted by molar-refractivity contribution is 0.112.